The molecule has 0 fully saturated rings. The van der Waals surface area contributed by atoms with E-state index < -0.39 is 5.82 Å². The van der Waals surface area contributed by atoms with Crippen molar-refractivity contribution in [2.24, 2.45) is 0 Å². The highest BCUT2D eigenvalue weighted by Gasteiger charge is 2.27. The summed E-state index contributed by atoms with van der Waals surface area (Å²) >= 11 is 3.35. The van der Waals surface area contributed by atoms with Crippen LogP contribution >= 0.6 is 15.9 Å². The van der Waals surface area contributed by atoms with Gasteiger partial charge >= 0.3 is 0 Å². The Morgan fingerprint density at radius 1 is 1.60 bits per heavy atom. The maximum absolute atomic E-state index is 13.5. The van der Waals surface area contributed by atoms with E-state index in [1.54, 1.807) is 6.07 Å². The van der Waals surface area contributed by atoms with Crippen molar-refractivity contribution in [3.05, 3.63) is 33.5 Å². The lowest BCUT2D eigenvalue weighted by Crippen LogP contribution is -2.41. The molecular formula is C11H11BrFNO. The smallest absolute Gasteiger partial charge is 0.254 e. The van der Waals surface area contributed by atoms with Gasteiger partial charge in [-0.15, -0.1) is 0 Å². The van der Waals surface area contributed by atoms with Gasteiger partial charge in [0.2, 0.25) is 0 Å². The summed E-state index contributed by atoms with van der Waals surface area (Å²) < 4.78 is 14.3. The number of fused-ring (bicyclic) bond motifs is 1. The zero-order chi connectivity index (χ0) is 11.0. The first-order valence-electron chi connectivity index (χ1n) is 4.91. The molecule has 80 valence electrons. The second-order valence-corrected chi connectivity index (χ2v) is 4.52. The van der Waals surface area contributed by atoms with E-state index in [0.29, 0.717) is 6.42 Å². The Labute approximate surface area is 96.0 Å². The van der Waals surface area contributed by atoms with Crippen molar-refractivity contribution in [3.63, 3.8) is 0 Å². The van der Waals surface area contributed by atoms with E-state index in [-0.39, 0.29) is 17.5 Å². The average Bonchev–Trinajstić information content (AvgIpc) is 2.23. The van der Waals surface area contributed by atoms with Crippen LogP contribution in [0.5, 0.6) is 0 Å². The van der Waals surface area contributed by atoms with E-state index in [2.05, 4.69) is 21.2 Å². The maximum atomic E-state index is 13.5. The Hall–Kier alpha value is -0.900. The molecule has 0 aliphatic carbocycles. The molecule has 1 aromatic rings. The topological polar surface area (TPSA) is 29.1 Å². The maximum Gasteiger partial charge on any atom is 0.254 e. The number of rotatable bonds is 1. The van der Waals surface area contributed by atoms with Gasteiger partial charge < -0.3 is 5.32 Å². The lowest BCUT2D eigenvalue weighted by molar-refractivity contribution is 0.0919. The number of nitrogens with one attached hydrogen (secondary N) is 1. The molecule has 0 radical (unpaired) electrons. The fraction of sp³-hybridized carbons (Fsp3) is 0.364. The van der Waals surface area contributed by atoms with Crippen molar-refractivity contribution in [2.45, 2.75) is 25.8 Å². The highest BCUT2D eigenvalue weighted by molar-refractivity contribution is 9.10. The molecule has 1 unspecified atom stereocenters. The predicted molar refractivity (Wildman–Crippen MR) is 59.3 cm³/mol. The SMILES string of the molecule is CCC1Cc2c(Br)ccc(F)c2C(=O)N1. The number of halogens is 2. The van der Waals surface area contributed by atoms with Gasteiger partial charge in [0.25, 0.3) is 5.91 Å². The molecule has 0 saturated carbocycles. The molecule has 2 rings (SSSR count). The first-order chi connectivity index (χ1) is 7.13. The highest BCUT2D eigenvalue weighted by Crippen LogP contribution is 2.28. The van der Waals surface area contributed by atoms with Crippen LogP contribution in [0, 0.1) is 5.82 Å². The number of carbonyl (C=O) groups is 1. The first kappa shape index (κ1) is 10.6. The van der Waals surface area contributed by atoms with Gasteiger partial charge in [0.05, 0.1) is 5.56 Å². The summed E-state index contributed by atoms with van der Waals surface area (Å²) in [7, 11) is 0. The van der Waals surface area contributed by atoms with Crippen LogP contribution < -0.4 is 5.32 Å². The van der Waals surface area contributed by atoms with Crippen molar-refractivity contribution in [2.75, 3.05) is 0 Å². The summed E-state index contributed by atoms with van der Waals surface area (Å²) in [4.78, 5) is 11.7. The average molecular weight is 272 g/mol. The lowest BCUT2D eigenvalue weighted by Gasteiger charge is -2.25. The molecule has 1 N–H and O–H groups in total. The molecule has 0 aromatic heterocycles. The summed E-state index contributed by atoms with van der Waals surface area (Å²) in [6.45, 7) is 2.00. The Kier molecular flexibility index (Phi) is 2.78. The van der Waals surface area contributed by atoms with Crippen molar-refractivity contribution in [1.82, 2.24) is 5.32 Å². The fourth-order valence-corrected chi connectivity index (χ4v) is 2.33. The Morgan fingerprint density at radius 2 is 2.33 bits per heavy atom. The molecule has 1 aromatic carbocycles. The molecule has 15 heavy (non-hydrogen) atoms. The molecule has 0 spiro atoms. The number of hydrogen-bond donors (Lipinski definition) is 1. The van der Waals surface area contributed by atoms with Crippen molar-refractivity contribution in [1.29, 1.82) is 0 Å². The van der Waals surface area contributed by atoms with Gasteiger partial charge in [-0.25, -0.2) is 4.39 Å². The van der Waals surface area contributed by atoms with E-state index in [4.69, 9.17) is 0 Å². The third-order valence-electron chi connectivity index (χ3n) is 2.71. The highest BCUT2D eigenvalue weighted by atomic mass is 79.9. The number of hydrogen-bond acceptors (Lipinski definition) is 1. The third kappa shape index (κ3) is 1.78. The van der Waals surface area contributed by atoms with E-state index in [9.17, 15) is 9.18 Å². The van der Waals surface area contributed by atoms with E-state index in [0.717, 1.165) is 16.5 Å². The molecule has 1 heterocycles. The Bertz CT molecular complexity index is 419. The quantitative estimate of drug-likeness (QED) is 0.836. The molecule has 1 aliphatic heterocycles. The second-order valence-electron chi connectivity index (χ2n) is 3.67. The van der Waals surface area contributed by atoms with Gasteiger partial charge in [0.15, 0.2) is 0 Å². The summed E-state index contributed by atoms with van der Waals surface area (Å²) in [6.07, 6.45) is 1.55. The van der Waals surface area contributed by atoms with Crippen LogP contribution in [0.15, 0.2) is 16.6 Å². The summed E-state index contributed by atoms with van der Waals surface area (Å²) in [5, 5.41) is 2.79. The number of carbonyl (C=O) groups excluding carboxylic acids is 1. The molecule has 1 amide bonds. The van der Waals surface area contributed by atoms with Crippen molar-refractivity contribution in [3.8, 4) is 0 Å². The zero-order valence-electron chi connectivity index (χ0n) is 8.31. The molecule has 1 aliphatic rings. The van der Waals surface area contributed by atoms with E-state index in [1.807, 2.05) is 6.92 Å². The van der Waals surface area contributed by atoms with Gasteiger partial charge in [-0.2, -0.15) is 0 Å². The van der Waals surface area contributed by atoms with Gasteiger partial charge in [-0.05, 0) is 30.5 Å². The Morgan fingerprint density at radius 3 is 3.00 bits per heavy atom. The second kappa shape index (κ2) is 3.93. The van der Waals surface area contributed by atoms with Crippen LogP contribution in [0.2, 0.25) is 0 Å². The standard InChI is InChI=1S/C11H11BrFNO/c1-2-6-5-7-8(12)3-4-9(13)10(7)11(15)14-6/h3-4,6H,2,5H2,1H3,(H,14,15). The predicted octanol–water partition coefficient (Wildman–Crippen LogP) is 2.65. The van der Waals surface area contributed by atoms with Gasteiger partial charge in [0.1, 0.15) is 5.82 Å². The number of benzene rings is 1. The monoisotopic (exact) mass is 271 g/mol. The normalized spacial score (nSPS) is 19.7. The van der Waals surface area contributed by atoms with Crippen LogP contribution in [-0.4, -0.2) is 11.9 Å². The largest absolute Gasteiger partial charge is 0.349 e. The molecule has 2 nitrogen and oxygen atoms in total. The van der Waals surface area contributed by atoms with Crippen molar-refractivity contribution < 1.29 is 9.18 Å². The Balaban J connectivity index is 2.53. The fourth-order valence-electron chi connectivity index (χ4n) is 1.84. The van der Waals surface area contributed by atoms with Gasteiger partial charge in [-0.3, -0.25) is 4.79 Å². The van der Waals surface area contributed by atoms with E-state index in [1.165, 1.54) is 6.07 Å². The molecule has 0 saturated heterocycles. The summed E-state index contributed by atoms with van der Waals surface area (Å²) in [6, 6.07) is 3.08. The third-order valence-corrected chi connectivity index (χ3v) is 3.45. The van der Waals surface area contributed by atoms with Gasteiger partial charge in [-0.1, -0.05) is 22.9 Å². The van der Waals surface area contributed by atoms with Crippen LogP contribution in [0.25, 0.3) is 0 Å². The zero-order valence-corrected chi connectivity index (χ0v) is 9.90. The minimum Gasteiger partial charge on any atom is -0.349 e. The molecule has 1 atom stereocenters. The number of amides is 1. The molecule has 0 bridgehead atoms. The van der Waals surface area contributed by atoms with Crippen LogP contribution in [0.1, 0.15) is 29.3 Å². The van der Waals surface area contributed by atoms with Crippen LogP contribution in [0.4, 0.5) is 4.39 Å². The minimum atomic E-state index is -0.444. The first-order valence-corrected chi connectivity index (χ1v) is 5.70. The lowest BCUT2D eigenvalue weighted by atomic mass is 9.94. The van der Waals surface area contributed by atoms with Gasteiger partial charge in [0, 0.05) is 10.5 Å². The molecule has 4 heteroatoms. The van der Waals surface area contributed by atoms with Crippen LogP contribution in [-0.2, 0) is 6.42 Å². The molecular weight excluding hydrogens is 261 g/mol. The van der Waals surface area contributed by atoms with Crippen molar-refractivity contribution >= 4 is 21.8 Å². The minimum absolute atomic E-state index is 0.114. The van der Waals surface area contributed by atoms with Crippen LogP contribution in [0.3, 0.4) is 0 Å². The summed E-state index contributed by atoms with van der Waals surface area (Å²) in [5.74, 6) is -0.748. The van der Waals surface area contributed by atoms with E-state index >= 15 is 0 Å². The summed E-state index contributed by atoms with van der Waals surface area (Å²) in [5.41, 5.74) is 0.972.